The molecule has 0 saturated carbocycles. The molecule has 3 aliphatic rings. The van der Waals surface area contributed by atoms with Gasteiger partial charge in [-0.25, -0.2) is 4.99 Å². The maximum Gasteiger partial charge on any atom is 0.303 e. The second-order valence-electron chi connectivity index (χ2n) is 13.1. The minimum absolute atomic E-state index is 0.0268. The number of Topliss-reactive ketones (excluding diaryl/α,β-unsaturated/α-hetero) is 1. The van der Waals surface area contributed by atoms with Crippen molar-refractivity contribution in [3.8, 4) is 0 Å². The van der Waals surface area contributed by atoms with Crippen molar-refractivity contribution in [2.75, 3.05) is 5.75 Å². The van der Waals surface area contributed by atoms with Crippen molar-refractivity contribution in [1.29, 1.82) is 0 Å². The first-order valence-corrected chi connectivity index (χ1v) is 18.5. The molecule has 0 bridgehead atoms. The molecule has 4 atom stereocenters. The number of allylic oxidation sites excluding steroid dienone is 5. The molecule has 274 valence electrons. The molecule has 3 aliphatic heterocycles. The van der Waals surface area contributed by atoms with E-state index in [1.165, 1.54) is 18.9 Å². The maximum absolute atomic E-state index is 12.9. The third kappa shape index (κ3) is 9.03. The van der Waals surface area contributed by atoms with Gasteiger partial charge in [-0.3, -0.25) is 28.7 Å². The van der Waals surface area contributed by atoms with E-state index in [1.54, 1.807) is 6.08 Å². The Kier molecular flexibility index (Phi) is 13.2. The van der Waals surface area contributed by atoms with Crippen LogP contribution >= 0.6 is 24.6 Å². The molecular weight excluding hydrogens is 691 g/mol. The molecule has 1 unspecified atom stereocenters. The molecule has 6 N–H and O–H groups in total. The first-order chi connectivity index (χ1) is 24.1. The zero-order chi connectivity index (χ0) is 37.7. The first kappa shape index (κ1) is 39.6. The number of rotatable bonds is 16. The molecule has 0 radical (unpaired) electrons. The van der Waals surface area contributed by atoms with Crippen molar-refractivity contribution in [2.45, 2.75) is 91.9 Å². The minimum atomic E-state index is -0.950. The second kappa shape index (κ2) is 16.9. The van der Waals surface area contributed by atoms with Gasteiger partial charge in [0.15, 0.2) is 0 Å². The molecule has 1 aromatic rings. The van der Waals surface area contributed by atoms with Gasteiger partial charge in [-0.2, -0.15) is 12.6 Å². The molecule has 4 rings (SSSR count). The lowest BCUT2D eigenvalue weighted by Gasteiger charge is -2.24. The van der Waals surface area contributed by atoms with Gasteiger partial charge in [0.25, 0.3) is 5.91 Å². The summed E-state index contributed by atoms with van der Waals surface area (Å²) in [6.07, 6.45) is 6.31. The number of hydrogen-bond donors (Lipinski definition) is 7. The number of nitrogens with zero attached hydrogens (tertiary/aromatic N) is 1. The summed E-state index contributed by atoms with van der Waals surface area (Å²) in [4.78, 5) is 69.0. The van der Waals surface area contributed by atoms with Crippen LogP contribution in [0.25, 0.3) is 12.2 Å². The standard InChI is InChI=1S/C37H47N5O7S2/c1-8-23-17(2)28(40-37(23)49)13-26-18(3)24(9-11-33(44)45)29(38-26)15-30-25(10-12-34(46)47)19(4)27(39-30)14-31-35(20(5)36(48)41-31)22(7)51-42-32(16-50)21(6)43/h13-15,20,22,32,35,39,42,50H,8-12,16H2,1-7H3,(H,40,49)(H,41,48)(H,44,45)(H,46,47)/b28-13+,29-15+,31-14+/t20-,22?,32+,35+/m1/s1. The fraction of sp³-hybridized carbons (Fsp3) is 0.459. The van der Waals surface area contributed by atoms with E-state index >= 15 is 0 Å². The molecule has 1 fully saturated rings. The largest absolute Gasteiger partial charge is 0.481 e. The number of nitrogens with one attached hydrogen (secondary N) is 4. The Hall–Kier alpha value is -4.14. The molecule has 2 amide bonds. The van der Waals surface area contributed by atoms with Crippen LogP contribution in [0.4, 0.5) is 0 Å². The number of aromatic amines is 1. The van der Waals surface area contributed by atoms with E-state index in [1.807, 2.05) is 53.7 Å². The fourth-order valence-electron chi connectivity index (χ4n) is 6.63. The summed E-state index contributed by atoms with van der Waals surface area (Å²) >= 11 is 5.67. The molecule has 4 heterocycles. The number of aliphatic imine (C=N–C) groups is 1. The summed E-state index contributed by atoms with van der Waals surface area (Å²) in [5.41, 5.74) is 8.45. The number of carbonyl (C=O) groups excluding carboxylic acids is 3. The van der Waals surface area contributed by atoms with Crippen LogP contribution in [-0.4, -0.2) is 67.5 Å². The van der Waals surface area contributed by atoms with Gasteiger partial charge in [0.1, 0.15) is 5.78 Å². The summed E-state index contributed by atoms with van der Waals surface area (Å²) in [5, 5.41) is 24.9. The number of aromatic nitrogens is 1. The van der Waals surface area contributed by atoms with Crippen molar-refractivity contribution in [1.82, 2.24) is 20.3 Å². The van der Waals surface area contributed by atoms with Gasteiger partial charge in [-0.05, 0) is 93.0 Å². The Bertz CT molecular complexity index is 1830. The van der Waals surface area contributed by atoms with Crippen LogP contribution in [0.15, 0.2) is 50.5 Å². The third-order valence-corrected chi connectivity index (χ3v) is 11.2. The molecule has 12 nitrogen and oxygen atoms in total. The number of hydrogen-bond acceptors (Lipinski definition) is 9. The summed E-state index contributed by atoms with van der Waals surface area (Å²) in [7, 11) is 0. The lowest BCUT2D eigenvalue weighted by Crippen LogP contribution is -2.35. The smallest absolute Gasteiger partial charge is 0.303 e. The SMILES string of the molecule is CCC1=C(C)/C(=C\C2=NC(=C/c3[nH]c(/C=C4/NC(=O)[C@H](C)[C@H]4C(C)SN[C@@H](CS)C(C)=O)c(C)c3CCC(=O)O)/C(CCC(=O)O)=C2C)NC1=O. The summed E-state index contributed by atoms with van der Waals surface area (Å²) in [5.74, 6) is -2.39. The van der Waals surface area contributed by atoms with Crippen molar-refractivity contribution in [3.63, 3.8) is 0 Å². The van der Waals surface area contributed by atoms with Gasteiger partial charge < -0.3 is 25.8 Å². The van der Waals surface area contributed by atoms with Gasteiger partial charge in [-0.1, -0.05) is 32.7 Å². The van der Waals surface area contributed by atoms with Crippen molar-refractivity contribution in [3.05, 3.63) is 68.0 Å². The monoisotopic (exact) mass is 737 g/mol. The quantitative estimate of drug-likeness (QED) is 0.0873. The number of carboxylic acid groups (broad SMARTS) is 2. The fourth-order valence-corrected chi connectivity index (χ4v) is 8.26. The number of amides is 2. The van der Waals surface area contributed by atoms with E-state index in [0.29, 0.717) is 51.9 Å². The van der Waals surface area contributed by atoms with Crippen LogP contribution in [0.1, 0.15) is 89.7 Å². The zero-order valence-corrected chi connectivity index (χ0v) is 31.7. The van der Waals surface area contributed by atoms with Crippen LogP contribution in [0.5, 0.6) is 0 Å². The van der Waals surface area contributed by atoms with Gasteiger partial charge in [-0.15, -0.1) is 0 Å². The van der Waals surface area contributed by atoms with E-state index < -0.39 is 18.0 Å². The summed E-state index contributed by atoms with van der Waals surface area (Å²) in [6.45, 7) is 12.9. The number of carboxylic acids is 2. The lowest BCUT2D eigenvalue weighted by molar-refractivity contribution is -0.138. The predicted molar refractivity (Wildman–Crippen MR) is 203 cm³/mol. The highest BCUT2D eigenvalue weighted by atomic mass is 32.2. The minimum Gasteiger partial charge on any atom is -0.481 e. The van der Waals surface area contributed by atoms with E-state index in [9.17, 15) is 34.2 Å². The Morgan fingerprint density at radius 3 is 2.24 bits per heavy atom. The Labute approximate surface area is 308 Å². The van der Waals surface area contributed by atoms with Gasteiger partial charge in [0, 0.05) is 64.0 Å². The molecule has 1 aromatic heterocycles. The summed E-state index contributed by atoms with van der Waals surface area (Å²) in [6, 6.07) is -0.425. The number of ketones is 1. The number of aliphatic carboxylic acids is 2. The Morgan fingerprint density at radius 1 is 0.980 bits per heavy atom. The van der Waals surface area contributed by atoms with Crippen molar-refractivity contribution >= 4 is 72.0 Å². The van der Waals surface area contributed by atoms with E-state index in [0.717, 1.165) is 27.8 Å². The average molecular weight is 738 g/mol. The molecule has 1 saturated heterocycles. The van der Waals surface area contributed by atoms with Gasteiger partial charge in [0.05, 0.1) is 17.5 Å². The second-order valence-corrected chi connectivity index (χ2v) is 14.7. The van der Waals surface area contributed by atoms with Crippen molar-refractivity contribution in [2.24, 2.45) is 16.8 Å². The molecule has 51 heavy (non-hydrogen) atoms. The topological polar surface area (TPSA) is 190 Å². The first-order valence-electron chi connectivity index (χ1n) is 17.0. The predicted octanol–water partition coefficient (Wildman–Crippen LogP) is 5.29. The summed E-state index contributed by atoms with van der Waals surface area (Å²) < 4.78 is 3.19. The molecule has 0 aromatic carbocycles. The Morgan fingerprint density at radius 2 is 1.65 bits per heavy atom. The zero-order valence-electron chi connectivity index (χ0n) is 30.0. The maximum atomic E-state index is 12.9. The number of thiol groups is 1. The Balaban J connectivity index is 1.79. The molecule has 0 aliphatic carbocycles. The van der Waals surface area contributed by atoms with Crippen molar-refractivity contribution < 1.29 is 34.2 Å². The van der Waals surface area contributed by atoms with Gasteiger partial charge >= 0.3 is 11.9 Å². The van der Waals surface area contributed by atoms with Crippen LogP contribution in [0, 0.1) is 18.8 Å². The number of carbonyl (C=O) groups is 5. The van der Waals surface area contributed by atoms with E-state index in [-0.39, 0.29) is 60.4 Å². The van der Waals surface area contributed by atoms with E-state index in [4.69, 9.17) is 4.99 Å². The molecule has 0 spiro atoms. The highest BCUT2D eigenvalue weighted by molar-refractivity contribution is 7.98. The van der Waals surface area contributed by atoms with E-state index in [2.05, 4.69) is 33.0 Å². The molecule has 14 heteroatoms. The normalized spacial score (nSPS) is 22.7. The molecular formula is C37H47N5O7S2. The highest BCUT2D eigenvalue weighted by Gasteiger charge is 2.39. The third-order valence-electron chi connectivity index (χ3n) is 9.76. The number of H-pyrrole nitrogens is 1. The van der Waals surface area contributed by atoms with Crippen LogP contribution < -0.4 is 15.4 Å². The average Bonchev–Trinajstić information content (AvgIpc) is 3.71. The lowest BCUT2D eigenvalue weighted by atomic mass is 9.91. The van der Waals surface area contributed by atoms with Gasteiger partial charge in [0.2, 0.25) is 5.91 Å². The highest BCUT2D eigenvalue weighted by Crippen LogP contribution is 2.38. The van der Waals surface area contributed by atoms with Crippen LogP contribution in [0.2, 0.25) is 0 Å². The van der Waals surface area contributed by atoms with Crippen LogP contribution in [0.3, 0.4) is 0 Å². The van der Waals surface area contributed by atoms with Crippen LogP contribution in [-0.2, 0) is 30.4 Å².